The molecule has 2 bridgehead atoms. The van der Waals surface area contributed by atoms with Crippen molar-refractivity contribution in [3.63, 3.8) is 0 Å². The highest BCUT2D eigenvalue weighted by atomic mass is 32.1. The van der Waals surface area contributed by atoms with Gasteiger partial charge in [-0.25, -0.2) is 4.98 Å². The van der Waals surface area contributed by atoms with Gasteiger partial charge in [0.1, 0.15) is 5.78 Å². The van der Waals surface area contributed by atoms with E-state index in [9.17, 15) is 9.59 Å². The highest BCUT2D eigenvalue weighted by Crippen LogP contribution is 2.40. The molecule has 2 unspecified atom stereocenters. The third-order valence-electron chi connectivity index (χ3n) is 5.39. The smallest absolute Gasteiger partial charge is 0.223 e. The molecule has 2 atom stereocenters. The van der Waals surface area contributed by atoms with Crippen LogP contribution in [0.25, 0.3) is 10.6 Å². The fraction of sp³-hybridized carbons (Fsp3) is 0.526. The van der Waals surface area contributed by atoms with E-state index in [1.54, 1.807) is 22.7 Å². The summed E-state index contributed by atoms with van der Waals surface area (Å²) in [4.78, 5) is 31.5. The number of nitrogens with zero attached hydrogens (tertiary/aromatic N) is 1. The van der Waals surface area contributed by atoms with Gasteiger partial charge in [-0.05, 0) is 44.7 Å². The molecular formula is C19H22N2O2S2. The maximum atomic E-state index is 12.6. The normalized spacial score (nSPS) is 25.8. The van der Waals surface area contributed by atoms with Gasteiger partial charge in [0.2, 0.25) is 5.91 Å². The van der Waals surface area contributed by atoms with Gasteiger partial charge >= 0.3 is 0 Å². The molecule has 0 saturated heterocycles. The number of aryl methyl sites for hydroxylation is 1. The fourth-order valence-corrected chi connectivity index (χ4v) is 5.70. The number of thiazole rings is 1. The van der Waals surface area contributed by atoms with E-state index in [0.29, 0.717) is 12.3 Å². The number of hydrogen-bond acceptors (Lipinski definition) is 5. The number of carbonyl (C=O) groups excluding carboxylic acids is 2. The molecule has 0 radical (unpaired) electrons. The number of hydrogen-bond donors (Lipinski definition) is 1. The minimum absolute atomic E-state index is 0.00798. The molecule has 4 rings (SSSR count). The SMILES string of the molecule is Cc1nc(-c2ccc(CNC(=O)C3CC4CCCC(C3)C4=O)s2)cs1. The average molecular weight is 375 g/mol. The zero-order valence-electron chi connectivity index (χ0n) is 14.3. The number of Topliss-reactive ketones (excluding diaryl/α,β-unsaturated/α-hetero) is 1. The Bertz CT molecular complexity index is 779. The van der Waals surface area contributed by atoms with Gasteiger partial charge in [-0.15, -0.1) is 22.7 Å². The summed E-state index contributed by atoms with van der Waals surface area (Å²) in [6.07, 6.45) is 4.58. The number of fused-ring (bicyclic) bond motifs is 2. The lowest BCUT2D eigenvalue weighted by molar-refractivity contribution is -0.137. The number of thiophene rings is 1. The summed E-state index contributed by atoms with van der Waals surface area (Å²) in [6.45, 7) is 2.57. The fourth-order valence-electron chi connectivity index (χ4n) is 4.10. The van der Waals surface area contributed by atoms with Crippen molar-refractivity contribution >= 4 is 34.4 Å². The van der Waals surface area contributed by atoms with E-state index in [4.69, 9.17) is 0 Å². The Labute approximate surface area is 155 Å². The van der Waals surface area contributed by atoms with Crippen LogP contribution >= 0.6 is 22.7 Å². The molecule has 2 aromatic rings. The summed E-state index contributed by atoms with van der Waals surface area (Å²) >= 11 is 3.33. The van der Waals surface area contributed by atoms with Crippen LogP contribution in [0, 0.1) is 24.7 Å². The number of carbonyl (C=O) groups is 2. The van der Waals surface area contributed by atoms with Gasteiger partial charge in [-0.2, -0.15) is 0 Å². The first-order valence-corrected chi connectivity index (χ1v) is 10.6. The number of amides is 1. The molecule has 2 saturated carbocycles. The third kappa shape index (κ3) is 3.55. The van der Waals surface area contributed by atoms with E-state index in [0.717, 1.165) is 52.6 Å². The summed E-state index contributed by atoms with van der Waals surface area (Å²) in [7, 11) is 0. The standard InChI is InChI=1S/C19H22N2O2S2/c1-11-21-16(10-24-11)17-6-5-15(25-17)9-20-19(23)14-7-12-3-2-4-13(8-14)18(12)22/h5-6,10,12-14H,2-4,7-9H2,1H3,(H,20,23). The summed E-state index contributed by atoms with van der Waals surface area (Å²) < 4.78 is 0. The van der Waals surface area contributed by atoms with E-state index < -0.39 is 0 Å². The lowest BCUT2D eigenvalue weighted by atomic mass is 9.67. The molecule has 2 aliphatic rings. The number of rotatable bonds is 4. The minimum Gasteiger partial charge on any atom is -0.351 e. The van der Waals surface area contributed by atoms with Crippen molar-refractivity contribution in [2.45, 2.75) is 45.6 Å². The van der Waals surface area contributed by atoms with E-state index in [-0.39, 0.29) is 23.7 Å². The zero-order chi connectivity index (χ0) is 17.4. The molecule has 25 heavy (non-hydrogen) atoms. The largest absolute Gasteiger partial charge is 0.351 e. The van der Waals surface area contributed by atoms with Crippen molar-refractivity contribution in [2.75, 3.05) is 0 Å². The topological polar surface area (TPSA) is 59.1 Å². The second kappa shape index (κ2) is 7.00. The molecular weight excluding hydrogens is 352 g/mol. The van der Waals surface area contributed by atoms with Crippen molar-refractivity contribution in [2.24, 2.45) is 17.8 Å². The van der Waals surface area contributed by atoms with Crippen LogP contribution in [-0.2, 0) is 16.1 Å². The molecule has 6 heteroatoms. The number of aromatic nitrogens is 1. The van der Waals surface area contributed by atoms with Gasteiger partial charge in [0.05, 0.1) is 22.1 Å². The molecule has 0 aliphatic heterocycles. The molecule has 2 aromatic heterocycles. The Hall–Kier alpha value is -1.53. The predicted octanol–water partition coefficient (Wildman–Crippen LogP) is 4.19. The maximum absolute atomic E-state index is 12.6. The monoisotopic (exact) mass is 374 g/mol. The van der Waals surface area contributed by atoms with Gasteiger partial charge in [-0.3, -0.25) is 9.59 Å². The Morgan fingerprint density at radius 3 is 2.72 bits per heavy atom. The van der Waals surface area contributed by atoms with Crippen LogP contribution in [0.1, 0.15) is 42.0 Å². The first kappa shape index (κ1) is 16.9. The number of ketones is 1. The minimum atomic E-state index is 0.00798. The number of nitrogens with one attached hydrogen (secondary N) is 1. The molecule has 2 heterocycles. The van der Waals surface area contributed by atoms with Crippen LogP contribution in [0.15, 0.2) is 17.5 Å². The Balaban J connectivity index is 1.35. The first-order valence-electron chi connectivity index (χ1n) is 8.93. The van der Waals surface area contributed by atoms with Gasteiger partial charge in [0, 0.05) is 28.0 Å². The molecule has 0 spiro atoms. The van der Waals surface area contributed by atoms with Crippen molar-refractivity contribution in [3.8, 4) is 10.6 Å². The van der Waals surface area contributed by atoms with Crippen LogP contribution in [0.4, 0.5) is 0 Å². The van der Waals surface area contributed by atoms with Gasteiger partial charge in [0.15, 0.2) is 0 Å². The average Bonchev–Trinajstić information content (AvgIpc) is 3.21. The lowest BCUT2D eigenvalue weighted by Gasteiger charge is -2.36. The summed E-state index contributed by atoms with van der Waals surface area (Å²) in [6, 6.07) is 4.14. The molecule has 1 amide bonds. The van der Waals surface area contributed by atoms with Crippen LogP contribution in [-0.4, -0.2) is 16.7 Å². The molecule has 2 aliphatic carbocycles. The van der Waals surface area contributed by atoms with Crippen LogP contribution < -0.4 is 5.32 Å². The second-order valence-corrected chi connectivity index (χ2v) is 9.36. The highest BCUT2D eigenvalue weighted by Gasteiger charge is 2.41. The highest BCUT2D eigenvalue weighted by molar-refractivity contribution is 7.16. The molecule has 2 fully saturated rings. The van der Waals surface area contributed by atoms with E-state index >= 15 is 0 Å². The van der Waals surface area contributed by atoms with Crippen molar-refractivity contribution in [1.29, 1.82) is 0 Å². The quantitative estimate of drug-likeness (QED) is 0.873. The summed E-state index contributed by atoms with van der Waals surface area (Å²) in [5, 5.41) is 6.22. The molecule has 0 aromatic carbocycles. The van der Waals surface area contributed by atoms with Crippen molar-refractivity contribution in [1.82, 2.24) is 10.3 Å². The van der Waals surface area contributed by atoms with E-state index in [1.165, 1.54) is 0 Å². The van der Waals surface area contributed by atoms with Gasteiger partial charge in [-0.1, -0.05) is 6.42 Å². The summed E-state index contributed by atoms with van der Waals surface area (Å²) in [5.74, 6) is 0.795. The Kier molecular flexibility index (Phi) is 4.73. The van der Waals surface area contributed by atoms with E-state index in [1.807, 2.05) is 6.92 Å². The van der Waals surface area contributed by atoms with Gasteiger partial charge in [0.25, 0.3) is 0 Å². The maximum Gasteiger partial charge on any atom is 0.223 e. The molecule has 4 nitrogen and oxygen atoms in total. The Morgan fingerprint density at radius 2 is 2.04 bits per heavy atom. The van der Waals surface area contributed by atoms with Gasteiger partial charge < -0.3 is 5.32 Å². The van der Waals surface area contributed by atoms with Crippen molar-refractivity contribution < 1.29 is 9.59 Å². The predicted molar refractivity (Wildman–Crippen MR) is 101 cm³/mol. The Morgan fingerprint density at radius 1 is 1.28 bits per heavy atom. The lowest BCUT2D eigenvalue weighted by Crippen LogP contribution is -2.42. The van der Waals surface area contributed by atoms with E-state index in [2.05, 4.69) is 27.8 Å². The van der Waals surface area contributed by atoms with Crippen molar-refractivity contribution in [3.05, 3.63) is 27.4 Å². The second-order valence-electron chi connectivity index (χ2n) is 7.13. The zero-order valence-corrected chi connectivity index (χ0v) is 15.9. The summed E-state index contributed by atoms with van der Waals surface area (Å²) in [5.41, 5.74) is 1.02. The third-order valence-corrected chi connectivity index (χ3v) is 7.27. The van der Waals surface area contributed by atoms with Crippen LogP contribution in [0.3, 0.4) is 0 Å². The molecule has 1 N–H and O–H groups in total. The molecule has 132 valence electrons. The van der Waals surface area contributed by atoms with Crippen LogP contribution in [0.5, 0.6) is 0 Å². The first-order chi connectivity index (χ1) is 12.1. The van der Waals surface area contributed by atoms with Crippen LogP contribution in [0.2, 0.25) is 0 Å².